The Morgan fingerprint density at radius 1 is 0.440 bits per heavy atom. The van der Waals surface area contributed by atoms with Crippen molar-refractivity contribution in [2.24, 2.45) is 10.2 Å². The topological polar surface area (TPSA) is 157 Å². The molecule has 0 saturated carbocycles. The average molecular weight is 669 g/mol. The summed E-state index contributed by atoms with van der Waals surface area (Å²) >= 11 is 0. The van der Waals surface area contributed by atoms with Crippen molar-refractivity contribution in [3.8, 4) is 0 Å². The van der Waals surface area contributed by atoms with Gasteiger partial charge in [0.15, 0.2) is 0 Å². The Morgan fingerprint density at radius 3 is 1.22 bits per heavy atom. The molecule has 0 bridgehead atoms. The summed E-state index contributed by atoms with van der Waals surface area (Å²) in [6.07, 6.45) is 10.4. The monoisotopic (exact) mass is 668 g/mol. The SMILES string of the molecule is C(=N\Nc1nc(Nc2ccccc2)nc(N2CCCCC2)n1)/c1ccc(/C=N/Nc2nc(Nc3ccccc3)nc(N3CCCCC3)n2)cc1. The Morgan fingerprint density at radius 2 is 0.820 bits per heavy atom. The minimum absolute atomic E-state index is 0.369. The number of piperidine rings is 2. The molecular formula is C36H40N14. The molecule has 4 heterocycles. The van der Waals surface area contributed by atoms with E-state index < -0.39 is 0 Å². The quantitative estimate of drug-likeness (QED) is 0.0856. The highest BCUT2D eigenvalue weighted by Gasteiger charge is 2.18. The fourth-order valence-electron chi connectivity index (χ4n) is 5.71. The molecule has 7 rings (SSSR count). The van der Waals surface area contributed by atoms with Crippen LogP contribution in [0.25, 0.3) is 0 Å². The lowest BCUT2D eigenvalue weighted by atomic mass is 10.1. The van der Waals surface area contributed by atoms with Crippen LogP contribution in [-0.4, -0.2) is 68.5 Å². The molecular weight excluding hydrogens is 628 g/mol. The third-order valence-electron chi connectivity index (χ3n) is 8.28. The maximum absolute atomic E-state index is 4.69. The minimum atomic E-state index is 0.369. The molecule has 0 unspecified atom stereocenters. The summed E-state index contributed by atoms with van der Waals surface area (Å²) in [5.41, 5.74) is 9.58. The van der Waals surface area contributed by atoms with E-state index in [1.807, 2.05) is 84.9 Å². The smallest absolute Gasteiger partial charge is 0.250 e. The van der Waals surface area contributed by atoms with E-state index in [0.717, 1.165) is 74.4 Å². The first-order valence-corrected chi connectivity index (χ1v) is 17.1. The standard InChI is InChI=1S/C36H40N14/c1-5-13-29(14-6-1)39-31-41-33(45-35(43-31)49-21-9-3-10-22-49)47-37-25-27-17-19-28(20-18-27)26-38-48-34-42-32(40-30-15-7-2-8-16-30)44-36(46-34)50-23-11-4-12-24-50/h1-2,5-8,13-20,25-26H,3-4,9-12,21-24H2,(H2,39,41,43,45,47)(H2,40,42,44,46,48)/b37-25+,38-26+. The molecule has 14 heteroatoms. The lowest BCUT2D eigenvalue weighted by molar-refractivity contribution is 0.568. The zero-order valence-corrected chi connectivity index (χ0v) is 27.8. The summed E-state index contributed by atoms with van der Waals surface area (Å²) in [6, 6.07) is 27.5. The van der Waals surface area contributed by atoms with E-state index in [0.29, 0.717) is 35.7 Å². The van der Waals surface area contributed by atoms with E-state index in [-0.39, 0.29) is 0 Å². The van der Waals surface area contributed by atoms with Gasteiger partial charge >= 0.3 is 0 Å². The predicted molar refractivity (Wildman–Crippen MR) is 200 cm³/mol. The van der Waals surface area contributed by atoms with Crippen LogP contribution in [0.2, 0.25) is 0 Å². The van der Waals surface area contributed by atoms with Gasteiger partial charge in [-0.25, -0.2) is 10.9 Å². The molecule has 4 N–H and O–H groups in total. The lowest BCUT2D eigenvalue weighted by Crippen LogP contribution is -2.31. The third-order valence-corrected chi connectivity index (χ3v) is 8.28. The first kappa shape index (κ1) is 32.4. The number of nitrogens with zero attached hydrogens (tertiary/aromatic N) is 10. The van der Waals surface area contributed by atoms with Gasteiger partial charge in [-0.2, -0.15) is 40.1 Å². The lowest BCUT2D eigenvalue weighted by Gasteiger charge is -2.26. The van der Waals surface area contributed by atoms with Gasteiger partial charge in [0, 0.05) is 37.6 Å². The van der Waals surface area contributed by atoms with Gasteiger partial charge in [0.05, 0.1) is 12.4 Å². The Labute approximate surface area is 291 Å². The van der Waals surface area contributed by atoms with E-state index in [4.69, 9.17) is 0 Å². The van der Waals surface area contributed by atoms with E-state index in [1.54, 1.807) is 12.4 Å². The van der Waals surface area contributed by atoms with Crippen LogP contribution in [0.3, 0.4) is 0 Å². The van der Waals surface area contributed by atoms with Crippen LogP contribution >= 0.6 is 0 Å². The van der Waals surface area contributed by atoms with Crippen molar-refractivity contribution >= 4 is 59.5 Å². The molecule has 0 aliphatic carbocycles. The number of hydrogen-bond donors (Lipinski definition) is 4. The molecule has 0 spiro atoms. The number of para-hydroxylation sites is 2. The van der Waals surface area contributed by atoms with Crippen LogP contribution in [0.4, 0.5) is 47.1 Å². The van der Waals surface area contributed by atoms with Gasteiger partial charge in [0.1, 0.15) is 0 Å². The highest BCUT2D eigenvalue weighted by atomic mass is 15.4. The summed E-state index contributed by atoms with van der Waals surface area (Å²) in [6.45, 7) is 3.68. The molecule has 2 aromatic heterocycles. The number of nitrogens with one attached hydrogen (secondary N) is 4. The van der Waals surface area contributed by atoms with Crippen molar-refractivity contribution in [3.63, 3.8) is 0 Å². The molecule has 2 fully saturated rings. The minimum Gasteiger partial charge on any atom is -0.341 e. The van der Waals surface area contributed by atoms with Crippen molar-refractivity contribution in [1.29, 1.82) is 0 Å². The van der Waals surface area contributed by atoms with Crippen molar-refractivity contribution in [2.75, 3.05) is 57.5 Å². The molecule has 2 aliphatic rings. The van der Waals surface area contributed by atoms with E-state index in [9.17, 15) is 0 Å². The van der Waals surface area contributed by atoms with Gasteiger partial charge in [0.25, 0.3) is 0 Å². The van der Waals surface area contributed by atoms with Gasteiger partial charge in [-0.1, -0.05) is 60.7 Å². The summed E-state index contributed by atoms with van der Waals surface area (Å²) in [7, 11) is 0. The molecule has 3 aromatic carbocycles. The van der Waals surface area contributed by atoms with Gasteiger partial charge < -0.3 is 20.4 Å². The molecule has 0 amide bonds. The highest BCUT2D eigenvalue weighted by Crippen LogP contribution is 2.22. The van der Waals surface area contributed by atoms with E-state index >= 15 is 0 Å². The van der Waals surface area contributed by atoms with Crippen LogP contribution in [0.5, 0.6) is 0 Å². The first-order valence-electron chi connectivity index (χ1n) is 17.1. The normalized spacial score (nSPS) is 15.0. The number of benzene rings is 3. The zero-order valence-electron chi connectivity index (χ0n) is 27.8. The maximum atomic E-state index is 4.69. The van der Waals surface area contributed by atoms with Crippen LogP contribution in [0.15, 0.2) is 95.1 Å². The summed E-state index contributed by atoms with van der Waals surface area (Å²) < 4.78 is 0. The molecule has 5 aromatic rings. The molecule has 14 nitrogen and oxygen atoms in total. The van der Waals surface area contributed by atoms with Crippen LogP contribution < -0.4 is 31.3 Å². The highest BCUT2D eigenvalue weighted by molar-refractivity contribution is 5.84. The Bertz CT molecular complexity index is 1730. The van der Waals surface area contributed by atoms with Gasteiger partial charge in [0.2, 0.25) is 35.7 Å². The maximum Gasteiger partial charge on any atom is 0.250 e. The Kier molecular flexibility index (Phi) is 10.5. The van der Waals surface area contributed by atoms with Gasteiger partial charge in [-0.15, -0.1) is 0 Å². The summed E-state index contributed by atoms with van der Waals surface area (Å²) in [5, 5.41) is 15.4. The number of hydrazone groups is 2. The van der Waals surface area contributed by atoms with E-state index in [2.05, 4.69) is 71.4 Å². The summed E-state index contributed by atoms with van der Waals surface area (Å²) in [5.74, 6) is 2.94. The molecule has 0 radical (unpaired) electrons. The predicted octanol–water partition coefficient (Wildman–Crippen LogP) is 6.42. The van der Waals surface area contributed by atoms with Crippen molar-refractivity contribution in [2.45, 2.75) is 38.5 Å². The Hall–Kier alpha value is -6.18. The van der Waals surface area contributed by atoms with Gasteiger partial charge in [-0.05, 0) is 73.9 Å². The summed E-state index contributed by atoms with van der Waals surface area (Å²) in [4.78, 5) is 32.2. The fourth-order valence-corrected chi connectivity index (χ4v) is 5.71. The second kappa shape index (κ2) is 16.3. The van der Waals surface area contributed by atoms with Crippen molar-refractivity contribution in [3.05, 3.63) is 96.1 Å². The molecule has 2 aliphatic heterocycles. The second-order valence-electron chi connectivity index (χ2n) is 12.0. The van der Waals surface area contributed by atoms with Crippen LogP contribution in [0.1, 0.15) is 49.7 Å². The van der Waals surface area contributed by atoms with Crippen molar-refractivity contribution < 1.29 is 0 Å². The Balaban J connectivity index is 0.995. The molecule has 50 heavy (non-hydrogen) atoms. The first-order chi connectivity index (χ1) is 24.7. The number of rotatable bonds is 12. The van der Waals surface area contributed by atoms with Crippen LogP contribution in [0, 0.1) is 0 Å². The average Bonchev–Trinajstić information content (AvgIpc) is 3.17. The largest absolute Gasteiger partial charge is 0.341 e. The van der Waals surface area contributed by atoms with Crippen LogP contribution in [-0.2, 0) is 0 Å². The molecule has 254 valence electrons. The zero-order chi connectivity index (χ0) is 33.8. The number of anilines is 8. The third kappa shape index (κ3) is 9.04. The second-order valence-corrected chi connectivity index (χ2v) is 12.0. The fraction of sp³-hybridized carbons (Fsp3) is 0.278. The van der Waals surface area contributed by atoms with Crippen molar-refractivity contribution in [1.82, 2.24) is 29.9 Å². The molecule has 2 saturated heterocycles. The molecule has 0 atom stereocenters. The van der Waals surface area contributed by atoms with E-state index in [1.165, 1.54) is 12.8 Å². The number of hydrogen-bond acceptors (Lipinski definition) is 14. The number of aromatic nitrogens is 6. The van der Waals surface area contributed by atoms with Gasteiger partial charge in [-0.3, -0.25) is 0 Å².